The number of piperazine rings is 1. The smallest absolute Gasteiger partial charge is 0.257 e. The van der Waals surface area contributed by atoms with Gasteiger partial charge in [0.2, 0.25) is 0 Å². The predicted octanol–water partition coefficient (Wildman–Crippen LogP) is 3.34. The maximum Gasteiger partial charge on any atom is 0.257 e. The van der Waals surface area contributed by atoms with E-state index in [1.807, 2.05) is 6.07 Å². The van der Waals surface area contributed by atoms with Gasteiger partial charge >= 0.3 is 0 Å². The molecular formula is C29H32ClN7O3. The lowest BCUT2D eigenvalue weighted by atomic mass is 9.91. The van der Waals surface area contributed by atoms with E-state index >= 15 is 0 Å². The highest BCUT2D eigenvalue weighted by atomic mass is 35.5. The summed E-state index contributed by atoms with van der Waals surface area (Å²) in [7, 11) is 0. The van der Waals surface area contributed by atoms with Gasteiger partial charge in [0, 0.05) is 62.4 Å². The summed E-state index contributed by atoms with van der Waals surface area (Å²) in [4.78, 5) is 51.0. The second kappa shape index (κ2) is 12.4. The van der Waals surface area contributed by atoms with E-state index in [0.717, 1.165) is 31.4 Å². The molecule has 208 valence electrons. The summed E-state index contributed by atoms with van der Waals surface area (Å²) in [5.74, 6) is -0.613. The lowest BCUT2D eigenvalue weighted by Gasteiger charge is -2.37. The van der Waals surface area contributed by atoms with Crippen molar-refractivity contribution in [3.63, 3.8) is 0 Å². The minimum absolute atomic E-state index is 0.0851. The van der Waals surface area contributed by atoms with Crippen molar-refractivity contribution < 1.29 is 14.4 Å². The minimum atomic E-state index is -0.322. The zero-order valence-corrected chi connectivity index (χ0v) is 22.8. The summed E-state index contributed by atoms with van der Waals surface area (Å²) in [6.45, 7) is 2.08. The molecule has 3 heterocycles. The number of amides is 3. The zero-order valence-electron chi connectivity index (χ0n) is 22.1. The Morgan fingerprint density at radius 2 is 1.62 bits per heavy atom. The molecule has 10 nitrogen and oxygen atoms in total. The van der Waals surface area contributed by atoms with Crippen LogP contribution in [0.1, 0.15) is 56.8 Å². The van der Waals surface area contributed by atoms with Crippen molar-refractivity contribution in [2.75, 3.05) is 36.4 Å². The van der Waals surface area contributed by atoms with E-state index < -0.39 is 0 Å². The van der Waals surface area contributed by atoms with Gasteiger partial charge in [0.25, 0.3) is 17.7 Å². The third-order valence-electron chi connectivity index (χ3n) is 7.42. The fraction of sp³-hybridized carbons (Fsp3) is 0.345. The minimum Gasteiger partial charge on any atom is -0.366 e. The number of carbonyl (C=O) groups is 3. The Bertz CT molecular complexity index is 1350. The number of anilines is 2. The second-order valence-electron chi connectivity index (χ2n) is 10.2. The fourth-order valence-electron chi connectivity index (χ4n) is 5.11. The van der Waals surface area contributed by atoms with Gasteiger partial charge in [0.15, 0.2) is 0 Å². The molecule has 5 rings (SSSR count). The van der Waals surface area contributed by atoms with Crippen molar-refractivity contribution in [2.24, 2.45) is 5.73 Å². The molecule has 4 N–H and O–H groups in total. The lowest BCUT2D eigenvalue weighted by Crippen LogP contribution is -2.49. The van der Waals surface area contributed by atoms with Crippen LogP contribution < -0.4 is 21.3 Å². The van der Waals surface area contributed by atoms with Crippen LogP contribution in [0.25, 0.3) is 0 Å². The van der Waals surface area contributed by atoms with Crippen LogP contribution >= 0.6 is 11.6 Å². The van der Waals surface area contributed by atoms with Gasteiger partial charge in [0.1, 0.15) is 5.15 Å². The van der Waals surface area contributed by atoms with E-state index in [9.17, 15) is 14.4 Å². The van der Waals surface area contributed by atoms with Gasteiger partial charge in [-0.2, -0.15) is 0 Å². The molecule has 1 aromatic carbocycles. The molecule has 2 fully saturated rings. The molecule has 1 saturated heterocycles. The maximum absolute atomic E-state index is 13.1. The highest BCUT2D eigenvalue weighted by Crippen LogP contribution is 2.30. The summed E-state index contributed by atoms with van der Waals surface area (Å²) in [6.07, 6.45) is 8.06. The first-order valence-electron chi connectivity index (χ1n) is 13.4. The number of nitrogens with zero attached hydrogens (tertiary/aromatic N) is 4. The molecule has 0 radical (unpaired) electrons. The quantitative estimate of drug-likeness (QED) is 0.393. The normalized spacial score (nSPS) is 19.1. The summed E-state index contributed by atoms with van der Waals surface area (Å²) < 4.78 is 0. The average molecular weight is 562 g/mol. The summed E-state index contributed by atoms with van der Waals surface area (Å²) >= 11 is 5.86. The molecule has 3 aromatic rings. The van der Waals surface area contributed by atoms with Crippen molar-refractivity contribution >= 4 is 40.7 Å². The number of benzene rings is 1. The van der Waals surface area contributed by atoms with Gasteiger partial charge in [-0.15, -0.1) is 0 Å². The molecule has 1 aliphatic heterocycles. The number of pyridine rings is 2. The topological polar surface area (TPSA) is 134 Å². The number of carbonyl (C=O) groups excluding carboxylic acids is 3. The largest absolute Gasteiger partial charge is 0.366 e. The van der Waals surface area contributed by atoms with E-state index in [0.29, 0.717) is 53.7 Å². The number of rotatable bonds is 6. The van der Waals surface area contributed by atoms with Crippen LogP contribution in [-0.4, -0.2) is 70.9 Å². The predicted molar refractivity (Wildman–Crippen MR) is 154 cm³/mol. The molecule has 0 atom stereocenters. The van der Waals surface area contributed by atoms with E-state index in [1.165, 1.54) is 12.4 Å². The molecule has 0 unspecified atom stereocenters. The van der Waals surface area contributed by atoms with Crippen LogP contribution in [0.4, 0.5) is 11.4 Å². The molecule has 0 bridgehead atoms. The van der Waals surface area contributed by atoms with Crippen LogP contribution in [0, 0.1) is 0 Å². The van der Waals surface area contributed by atoms with Crippen molar-refractivity contribution in [2.45, 2.75) is 37.8 Å². The van der Waals surface area contributed by atoms with E-state index in [4.69, 9.17) is 17.3 Å². The van der Waals surface area contributed by atoms with E-state index in [-0.39, 0.29) is 29.8 Å². The highest BCUT2D eigenvalue weighted by Gasteiger charge is 2.26. The van der Waals surface area contributed by atoms with Crippen molar-refractivity contribution in [3.05, 3.63) is 82.9 Å². The van der Waals surface area contributed by atoms with Crippen LogP contribution in [-0.2, 0) is 0 Å². The standard InChI is InChI=1S/C29H32ClN7O3/c30-26-10-4-21(18-33-26)29(40)37-14-12-36(13-15-37)25-9-3-19(27(38)34-23-7-5-22(31)6-8-23)16-24(25)35-28(39)20-2-1-11-32-17-20/h1-4,9-11,16-18,22-23H,5-8,12-15,31H2,(H,34,38)(H,35,39). The van der Waals surface area contributed by atoms with Crippen LogP contribution in [0.2, 0.25) is 5.15 Å². The Hall–Kier alpha value is -4.02. The Kier molecular flexibility index (Phi) is 8.57. The first-order chi connectivity index (χ1) is 19.4. The monoisotopic (exact) mass is 561 g/mol. The summed E-state index contributed by atoms with van der Waals surface area (Å²) in [6, 6.07) is 12.3. The number of nitrogens with two attached hydrogens (primary N) is 1. The van der Waals surface area contributed by atoms with Gasteiger partial charge in [-0.25, -0.2) is 4.98 Å². The number of aromatic nitrogens is 2. The summed E-state index contributed by atoms with van der Waals surface area (Å²) in [5, 5.41) is 6.43. The van der Waals surface area contributed by atoms with Gasteiger partial charge in [-0.3, -0.25) is 19.4 Å². The fourth-order valence-corrected chi connectivity index (χ4v) is 5.22. The molecular weight excluding hydrogens is 530 g/mol. The van der Waals surface area contributed by atoms with Crippen molar-refractivity contribution in [3.8, 4) is 0 Å². The Morgan fingerprint density at radius 1 is 0.875 bits per heavy atom. The molecule has 11 heteroatoms. The first kappa shape index (κ1) is 27.5. The van der Waals surface area contributed by atoms with Gasteiger partial charge in [-0.05, 0) is 68.1 Å². The van der Waals surface area contributed by atoms with Crippen LogP contribution in [0.3, 0.4) is 0 Å². The molecule has 0 spiro atoms. The van der Waals surface area contributed by atoms with Crippen molar-refractivity contribution in [1.29, 1.82) is 0 Å². The van der Waals surface area contributed by atoms with E-state index in [1.54, 1.807) is 47.5 Å². The van der Waals surface area contributed by atoms with Crippen LogP contribution in [0.15, 0.2) is 61.1 Å². The number of hydrogen-bond acceptors (Lipinski definition) is 7. The average Bonchev–Trinajstić information content (AvgIpc) is 2.99. The SMILES string of the molecule is NC1CCC(NC(=O)c2ccc(N3CCN(C(=O)c4ccc(Cl)nc4)CC3)c(NC(=O)c3cccnc3)c2)CC1. The zero-order chi connectivity index (χ0) is 28.1. The number of nitrogens with one attached hydrogen (secondary N) is 2. The van der Waals surface area contributed by atoms with Gasteiger partial charge in [-0.1, -0.05) is 11.6 Å². The van der Waals surface area contributed by atoms with Crippen LogP contribution in [0.5, 0.6) is 0 Å². The highest BCUT2D eigenvalue weighted by molar-refractivity contribution is 6.29. The van der Waals surface area contributed by atoms with Gasteiger partial charge in [0.05, 0.1) is 22.5 Å². The third kappa shape index (κ3) is 6.57. The van der Waals surface area contributed by atoms with Crippen molar-refractivity contribution in [1.82, 2.24) is 20.2 Å². The Balaban J connectivity index is 1.32. The Labute approximate surface area is 237 Å². The molecule has 2 aliphatic rings. The Morgan fingerprint density at radius 3 is 2.30 bits per heavy atom. The van der Waals surface area contributed by atoms with Gasteiger partial charge < -0.3 is 26.2 Å². The first-order valence-corrected chi connectivity index (χ1v) is 13.8. The maximum atomic E-state index is 13.1. The second-order valence-corrected chi connectivity index (χ2v) is 10.5. The third-order valence-corrected chi connectivity index (χ3v) is 7.64. The summed E-state index contributed by atoms with van der Waals surface area (Å²) in [5.41, 5.74) is 8.66. The molecule has 1 aliphatic carbocycles. The molecule has 40 heavy (non-hydrogen) atoms. The number of halogens is 1. The lowest BCUT2D eigenvalue weighted by molar-refractivity contribution is 0.0746. The van der Waals surface area contributed by atoms with E-state index in [2.05, 4.69) is 25.5 Å². The molecule has 3 amide bonds. The number of hydrogen-bond donors (Lipinski definition) is 3. The molecule has 1 saturated carbocycles. The molecule has 2 aromatic heterocycles.